The van der Waals surface area contributed by atoms with Crippen LogP contribution in [0.4, 0.5) is 0 Å². The summed E-state index contributed by atoms with van der Waals surface area (Å²) >= 11 is 0. The lowest BCUT2D eigenvalue weighted by molar-refractivity contribution is -0.146. The first-order valence-corrected chi connectivity index (χ1v) is 6.62. The van der Waals surface area contributed by atoms with Crippen LogP contribution in [0.2, 0.25) is 0 Å². The van der Waals surface area contributed by atoms with Crippen molar-refractivity contribution in [2.45, 2.75) is 25.7 Å². The molecule has 0 spiro atoms. The van der Waals surface area contributed by atoms with Crippen LogP contribution in [-0.2, 0) is 16.0 Å². The highest BCUT2D eigenvalue weighted by molar-refractivity contribution is 5.72. The van der Waals surface area contributed by atoms with E-state index in [2.05, 4.69) is 4.90 Å². The summed E-state index contributed by atoms with van der Waals surface area (Å²) in [6.45, 7) is 2.95. The third kappa shape index (κ3) is 3.60. The molecule has 1 aromatic rings. The molecule has 1 atom stereocenters. The van der Waals surface area contributed by atoms with Crippen molar-refractivity contribution in [1.82, 2.24) is 4.90 Å². The number of likely N-dealkylation sites (tertiary alicyclic amines) is 1. The van der Waals surface area contributed by atoms with Crippen LogP contribution < -0.4 is 0 Å². The molecule has 0 bridgehead atoms. The Morgan fingerprint density at radius 1 is 1.44 bits per heavy atom. The molecule has 1 saturated heterocycles. The van der Waals surface area contributed by atoms with E-state index in [1.54, 1.807) is 6.26 Å². The molecule has 2 rings (SSSR count). The van der Waals surface area contributed by atoms with E-state index in [1.807, 2.05) is 12.1 Å². The number of esters is 1. The lowest BCUT2D eigenvalue weighted by atomic mass is 10.0. The quantitative estimate of drug-likeness (QED) is 0.752. The molecule has 0 saturated carbocycles. The Kier molecular flexibility index (Phi) is 4.81. The summed E-state index contributed by atoms with van der Waals surface area (Å²) in [6, 6.07) is 3.76. The highest BCUT2D eigenvalue weighted by Crippen LogP contribution is 2.16. The molecule has 4 nitrogen and oxygen atoms in total. The monoisotopic (exact) mass is 251 g/mol. The summed E-state index contributed by atoms with van der Waals surface area (Å²) in [7, 11) is 1.45. The van der Waals surface area contributed by atoms with Gasteiger partial charge < -0.3 is 14.1 Å². The van der Waals surface area contributed by atoms with Gasteiger partial charge in [-0.3, -0.25) is 4.79 Å². The summed E-state index contributed by atoms with van der Waals surface area (Å²) in [5.41, 5.74) is 0. The minimum atomic E-state index is -0.142. The number of hydrogen-bond acceptors (Lipinski definition) is 4. The molecule has 2 heterocycles. The second-order valence-corrected chi connectivity index (χ2v) is 4.86. The Bertz CT molecular complexity index is 355. The zero-order valence-electron chi connectivity index (χ0n) is 10.9. The van der Waals surface area contributed by atoms with Crippen molar-refractivity contribution in [3.63, 3.8) is 0 Å². The lowest BCUT2D eigenvalue weighted by Gasteiger charge is -2.29. The van der Waals surface area contributed by atoms with E-state index < -0.39 is 0 Å². The maximum Gasteiger partial charge on any atom is 0.310 e. The van der Waals surface area contributed by atoms with E-state index in [1.165, 1.54) is 26.4 Å². The van der Waals surface area contributed by atoms with Gasteiger partial charge in [-0.15, -0.1) is 0 Å². The highest BCUT2D eigenvalue weighted by Gasteiger charge is 2.24. The number of furan rings is 1. The molecule has 1 aliphatic rings. The van der Waals surface area contributed by atoms with Crippen molar-refractivity contribution >= 4 is 5.97 Å². The number of nitrogens with zero attached hydrogens (tertiary/aromatic N) is 1. The van der Waals surface area contributed by atoms with Gasteiger partial charge in [-0.25, -0.2) is 0 Å². The third-order valence-electron chi connectivity index (χ3n) is 3.49. The maximum atomic E-state index is 11.8. The van der Waals surface area contributed by atoms with Crippen LogP contribution in [0.25, 0.3) is 0 Å². The predicted molar refractivity (Wildman–Crippen MR) is 68.2 cm³/mol. The summed E-state index contributed by atoms with van der Waals surface area (Å²) in [5, 5.41) is 0. The molecule has 0 radical (unpaired) electrons. The van der Waals surface area contributed by atoms with E-state index in [-0.39, 0.29) is 11.9 Å². The number of ether oxygens (including phenoxy) is 1. The fraction of sp³-hybridized carbons (Fsp3) is 0.643. The Morgan fingerprint density at radius 2 is 2.22 bits per heavy atom. The summed E-state index contributed by atoms with van der Waals surface area (Å²) in [4.78, 5) is 14.2. The predicted octanol–water partition coefficient (Wildman–Crippen LogP) is 2.10. The van der Waals surface area contributed by atoms with Gasteiger partial charge >= 0.3 is 5.97 Å². The Hall–Kier alpha value is -1.29. The average Bonchev–Trinajstić information content (AvgIpc) is 2.91. The average molecular weight is 251 g/mol. The molecule has 18 heavy (non-hydrogen) atoms. The van der Waals surface area contributed by atoms with Gasteiger partial charge in [0.2, 0.25) is 0 Å². The van der Waals surface area contributed by atoms with Crippen LogP contribution in [-0.4, -0.2) is 37.6 Å². The highest BCUT2D eigenvalue weighted by atomic mass is 16.5. The second-order valence-electron chi connectivity index (χ2n) is 4.86. The molecule has 1 aliphatic heterocycles. The van der Waals surface area contributed by atoms with Crippen LogP contribution in [0.15, 0.2) is 22.8 Å². The minimum absolute atomic E-state index is 0.126. The van der Waals surface area contributed by atoms with Crippen LogP contribution in [0.3, 0.4) is 0 Å². The van der Waals surface area contributed by atoms with Crippen molar-refractivity contribution in [2.75, 3.05) is 26.7 Å². The van der Waals surface area contributed by atoms with Gasteiger partial charge in [-0.05, 0) is 38.1 Å². The van der Waals surface area contributed by atoms with Crippen LogP contribution in [0, 0.1) is 5.92 Å². The van der Waals surface area contributed by atoms with Crippen molar-refractivity contribution in [3.8, 4) is 0 Å². The smallest absolute Gasteiger partial charge is 0.310 e. The second kappa shape index (κ2) is 6.59. The molecule has 0 amide bonds. The molecule has 1 fully saturated rings. The number of methoxy groups -OCH3 is 1. The van der Waals surface area contributed by atoms with Gasteiger partial charge in [0.15, 0.2) is 0 Å². The minimum Gasteiger partial charge on any atom is -0.469 e. The Morgan fingerprint density at radius 3 is 2.83 bits per heavy atom. The van der Waals surface area contributed by atoms with E-state index in [0.29, 0.717) is 6.42 Å². The largest absolute Gasteiger partial charge is 0.469 e. The number of carbonyl (C=O) groups is 1. The fourth-order valence-corrected chi connectivity index (χ4v) is 2.51. The molecular formula is C14H21NO3. The van der Waals surface area contributed by atoms with Crippen molar-refractivity contribution in [2.24, 2.45) is 5.92 Å². The first kappa shape index (κ1) is 13.1. The summed E-state index contributed by atoms with van der Waals surface area (Å²) in [5.74, 6) is 0.582. The number of carbonyl (C=O) groups excluding carboxylic acids is 1. The SMILES string of the molecule is COC(=O)C(Cc1ccco1)CN1CCCCC1. The van der Waals surface area contributed by atoms with Gasteiger partial charge in [0, 0.05) is 13.0 Å². The number of hydrogen-bond donors (Lipinski definition) is 0. The molecular weight excluding hydrogens is 230 g/mol. The van der Waals surface area contributed by atoms with Gasteiger partial charge in [-0.2, -0.15) is 0 Å². The molecule has 1 aromatic heterocycles. The zero-order chi connectivity index (χ0) is 12.8. The van der Waals surface area contributed by atoms with E-state index >= 15 is 0 Å². The van der Waals surface area contributed by atoms with Crippen LogP contribution >= 0.6 is 0 Å². The van der Waals surface area contributed by atoms with Gasteiger partial charge in [0.1, 0.15) is 5.76 Å². The van der Waals surface area contributed by atoms with E-state index in [0.717, 1.165) is 25.4 Å². The van der Waals surface area contributed by atoms with Crippen LogP contribution in [0.1, 0.15) is 25.0 Å². The number of rotatable bonds is 5. The van der Waals surface area contributed by atoms with Crippen LogP contribution in [0.5, 0.6) is 0 Å². The Balaban J connectivity index is 1.93. The maximum absolute atomic E-state index is 11.8. The van der Waals surface area contributed by atoms with E-state index in [9.17, 15) is 4.79 Å². The molecule has 4 heteroatoms. The molecule has 0 N–H and O–H groups in total. The van der Waals surface area contributed by atoms with Crippen molar-refractivity contribution in [3.05, 3.63) is 24.2 Å². The first-order chi connectivity index (χ1) is 8.79. The topological polar surface area (TPSA) is 42.7 Å². The van der Waals surface area contributed by atoms with E-state index in [4.69, 9.17) is 9.15 Å². The number of piperidine rings is 1. The summed E-state index contributed by atoms with van der Waals surface area (Å²) < 4.78 is 10.2. The lowest BCUT2D eigenvalue weighted by Crippen LogP contribution is -2.38. The Labute approximate surface area is 108 Å². The summed E-state index contributed by atoms with van der Waals surface area (Å²) in [6.07, 6.45) is 6.03. The van der Waals surface area contributed by atoms with Crippen molar-refractivity contribution < 1.29 is 13.9 Å². The van der Waals surface area contributed by atoms with Gasteiger partial charge in [0.25, 0.3) is 0 Å². The molecule has 1 unspecified atom stereocenters. The molecule has 100 valence electrons. The third-order valence-corrected chi connectivity index (χ3v) is 3.49. The molecule has 0 aliphatic carbocycles. The fourth-order valence-electron chi connectivity index (χ4n) is 2.51. The zero-order valence-corrected chi connectivity index (χ0v) is 10.9. The van der Waals surface area contributed by atoms with Crippen molar-refractivity contribution in [1.29, 1.82) is 0 Å². The first-order valence-electron chi connectivity index (χ1n) is 6.62. The standard InChI is InChI=1S/C14H21NO3/c1-17-14(16)12(10-13-6-5-9-18-13)11-15-7-3-2-4-8-15/h5-6,9,12H,2-4,7-8,10-11H2,1H3. The van der Waals surface area contributed by atoms with Gasteiger partial charge in [-0.1, -0.05) is 6.42 Å². The van der Waals surface area contributed by atoms with Gasteiger partial charge in [0.05, 0.1) is 19.3 Å². The molecule has 0 aromatic carbocycles. The normalized spacial score (nSPS) is 18.5.